The number of hydrogen-bond donors (Lipinski definition) is 0. The number of methoxy groups -OCH3 is 1. The van der Waals surface area contributed by atoms with Gasteiger partial charge in [-0.3, -0.25) is 4.79 Å². The van der Waals surface area contributed by atoms with E-state index in [1.54, 1.807) is 7.11 Å². The van der Waals surface area contributed by atoms with Crippen molar-refractivity contribution in [1.82, 2.24) is 0 Å². The van der Waals surface area contributed by atoms with Crippen LogP contribution in [0.2, 0.25) is 0 Å². The lowest BCUT2D eigenvalue weighted by molar-refractivity contribution is -0.171. The Morgan fingerprint density at radius 1 is 1.00 bits per heavy atom. The summed E-state index contributed by atoms with van der Waals surface area (Å²) in [6.45, 7) is 2.95. The van der Waals surface area contributed by atoms with Crippen molar-refractivity contribution in [3.8, 4) is 0 Å². The van der Waals surface area contributed by atoms with E-state index >= 15 is 0 Å². The summed E-state index contributed by atoms with van der Waals surface area (Å²) in [4.78, 5) is 11.6. The first-order valence-electron chi connectivity index (χ1n) is 9.70. The lowest BCUT2D eigenvalue weighted by Gasteiger charge is -2.34. The van der Waals surface area contributed by atoms with E-state index in [0.29, 0.717) is 13.2 Å². The molecule has 0 spiro atoms. The predicted molar refractivity (Wildman–Crippen MR) is 107 cm³/mol. The van der Waals surface area contributed by atoms with Crippen molar-refractivity contribution in [2.75, 3.05) is 26.9 Å². The molecule has 6 heteroatoms. The minimum absolute atomic E-state index is 0.233. The largest absolute Gasteiger partial charge is 0.457 e. The molecule has 1 aliphatic heterocycles. The van der Waals surface area contributed by atoms with E-state index in [-0.39, 0.29) is 25.8 Å². The van der Waals surface area contributed by atoms with Crippen LogP contribution in [0.25, 0.3) is 0 Å². The van der Waals surface area contributed by atoms with Gasteiger partial charge in [0.25, 0.3) is 0 Å². The van der Waals surface area contributed by atoms with Gasteiger partial charge in [0.1, 0.15) is 11.7 Å². The number of esters is 1. The average molecular weight is 400 g/mol. The van der Waals surface area contributed by atoms with Crippen LogP contribution in [0, 0.1) is 0 Å². The molecule has 2 aromatic rings. The third-order valence-corrected chi connectivity index (χ3v) is 4.83. The highest BCUT2D eigenvalue weighted by molar-refractivity contribution is 5.66. The quantitative estimate of drug-likeness (QED) is 0.571. The van der Waals surface area contributed by atoms with Crippen molar-refractivity contribution in [1.29, 1.82) is 0 Å². The van der Waals surface area contributed by atoms with E-state index in [2.05, 4.69) is 0 Å². The van der Waals surface area contributed by atoms with Gasteiger partial charge >= 0.3 is 5.97 Å². The lowest BCUT2D eigenvalue weighted by Crippen LogP contribution is -2.52. The van der Waals surface area contributed by atoms with Crippen LogP contribution in [0.4, 0.5) is 0 Å². The molecule has 0 bridgehead atoms. The Kier molecular flexibility index (Phi) is 7.77. The second-order valence-electron chi connectivity index (χ2n) is 7.15. The highest BCUT2D eigenvalue weighted by Crippen LogP contribution is 2.33. The van der Waals surface area contributed by atoms with E-state index in [1.807, 2.05) is 60.7 Å². The lowest BCUT2D eigenvalue weighted by atomic mass is 9.96. The standard InChI is InChI=1S/C23H28O6/c1-18(24)29-21-15-28-23(16-25-2,17-26-13-19-9-5-3-6-10-19)22(21)27-14-20-11-7-4-8-12-20/h3-12,21-22H,13-17H2,1-2H3/t21?,22?,23-/m1/s1. The summed E-state index contributed by atoms with van der Waals surface area (Å²) in [5.41, 5.74) is 1.23. The van der Waals surface area contributed by atoms with Gasteiger partial charge in [0.05, 0.1) is 33.0 Å². The number of ether oxygens (including phenoxy) is 5. The van der Waals surface area contributed by atoms with E-state index < -0.39 is 17.8 Å². The van der Waals surface area contributed by atoms with E-state index in [1.165, 1.54) is 6.92 Å². The Morgan fingerprint density at radius 3 is 2.21 bits per heavy atom. The zero-order chi connectivity index (χ0) is 20.5. The molecule has 6 nitrogen and oxygen atoms in total. The van der Waals surface area contributed by atoms with Crippen LogP contribution in [-0.2, 0) is 41.7 Å². The number of carbonyl (C=O) groups excluding carboxylic acids is 1. The van der Waals surface area contributed by atoms with Gasteiger partial charge in [0, 0.05) is 14.0 Å². The molecule has 3 rings (SSSR count). The number of hydrogen-bond acceptors (Lipinski definition) is 6. The second-order valence-corrected chi connectivity index (χ2v) is 7.15. The van der Waals surface area contributed by atoms with Gasteiger partial charge < -0.3 is 23.7 Å². The van der Waals surface area contributed by atoms with Crippen LogP contribution in [0.5, 0.6) is 0 Å². The topological polar surface area (TPSA) is 63.2 Å². The second kappa shape index (κ2) is 10.5. The molecule has 2 aromatic carbocycles. The summed E-state index contributed by atoms with van der Waals surface area (Å²) >= 11 is 0. The van der Waals surface area contributed by atoms with Gasteiger partial charge in [0.15, 0.2) is 6.10 Å². The van der Waals surface area contributed by atoms with Gasteiger partial charge in [-0.25, -0.2) is 0 Å². The first-order chi connectivity index (χ1) is 14.1. The zero-order valence-corrected chi connectivity index (χ0v) is 16.9. The summed E-state index contributed by atoms with van der Waals surface area (Å²) < 4.78 is 29.2. The fraction of sp³-hybridized carbons (Fsp3) is 0.435. The van der Waals surface area contributed by atoms with Crippen LogP contribution >= 0.6 is 0 Å². The first-order valence-corrected chi connectivity index (χ1v) is 9.70. The van der Waals surface area contributed by atoms with Crippen LogP contribution in [0.15, 0.2) is 60.7 Å². The van der Waals surface area contributed by atoms with Gasteiger partial charge in [-0.15, -0.1) is 0 Å². The fourth-order valence-electron chi connectivity index (χ4n) is 3.53. The number of rotatable bonds is 10. The molecule has 0 radical (unpaired) electrons. The Morgan fingerprint density at radius 2 is 1.62 bits per heavy atom. The minimum Gasteiger partial charge on any atom is -0.457 e. The van der Waals surface area contributed by atoms with Crippen molar-refractivity contribution in [2.45, 2.75) is 37.9 Å². The smallest absolute Gasteiger partial charge is 0.303 e. The summed E-state index contributed by atoms with van der Waals surface area (Å²) in [5.74, 6) is -0.370. The molecular weight excluding hydrogens is 372 g/mol. The summed E-state index contributed by atoms with van der Waals surface area (Å²) in [6.07, 6.45) is -1.03. The molecule has 0 aliphatic carbocycles. The molecule has 156 valence electrons. The molecule has 0 N–H and O–H groups in total. The molecule has 2 unspecified atom stereocenters. The first kappa shape index (κ1) is 21.5. The van der Waals surface area contributed by atoms with Gasteiger partial charge in [-0.1, -0.05) is 60.7 Å². The van der Waals surface area contributed by atoms with Crippen LogP contribution < -0.4 is 0 Å². The Balaban J connectivity index is 1.72. The molecule has 1 saturated heterocycles. The van der Waals surface area contributed by atoms with Gasteiger partial charge in [0.2, 0.25) is 0 Å². The van der Waals surface area contributed by atoms with E-state index in [9.17, 15) is 4.79 Å². The zero-order valence-electron chi connectivity index (χ0n) is 16.9. The highest BCUT2D eigenvalue weighted by Gasteiger charge is 2.53. The summed E-state index contributed by atoms with van der Waals surface area (Å²) in [7, 11) is 1.61. The van der Waals surface area contributed by atoms with Crippen molar-refractivity contribution in [3.63, 3.8) is 0 Å². The highest BCUT2D eigenvalue weighted by atomic mass is 16.6. The fourth-order valence-corrected chi connectivity index (χ4v) is 3.53. The molecule has 0 aromatic heterocycles. The number of benzene rings is 2. The SMILES string of the molecule is COC[C@]1(COCc2ccccc2)OCC(OC(C)=O)C1OCc1ccccc1. The molecule has 1 heterocycles. The van der Waals surface area contributed by atoms with Gasteiger partial charge in [-0.05, 0) is 11.1 Å². The maximum atomic E-state index is 11.6. The molecule has 3 atom stereocenters. The van der Waals surface area contributed by atoms with Crippen LogP contribution in [0.3, 0.4) is 0 Å². The van der Waals surface area contributed by atoms with Crippen molar-refractivity contribution in [3.05, 3.63) is 71.8 Å². The number of carbonyl (C=O) groups is 1. The Labute approximate surface area is 171 Å². The Hall–Kier alpha value is -2.25. The van der Waals surface area contributed by atoms with Crippen LogP contribution in [0.1, 0.15) is 18.1 Å². The molecular formula is C23H28O6. The maximum Gasteiger partial charge on any atom is 0.303 e. The normalized spacial score (nSPS) is 23.8. The van der Waals surface area contributed by atoms with Crippen molar-refractivity contribution < 1.29 is 28.5 Å². The van der Waals surface area contributed by atoms with Gasteiger partial charge in [-0.2, -0.15) is 0 Å². The van der Waals surface area contributed by atoms with Crippen molar-refractivity contribution in [2.24, 2.45) is 0 Å². The van der Waals surface area contributed by atoms with Crippen LogP contribution in [-0.4, -0.2) is 50.7 Å². The van der Waals surface area contributed by atoms with E-state index in [0.717, 1.165) is 11.1 Å². The minimum atomic E-state index is -0.863. The third kappa shape index (κ3) is 5.87. The average Bonchev–Trinajstić information content (AvgIpc) is 3.05. The molecule has 29 heavy (non-hydrogen) atoms. The molecule has 1 aliphatic rings. The Bertz CT molecular complexity index is 750. The summed E-state index contributed by atoms with van der Waals surface area (Å²) in [6, 6.07) is 19.8. The van der Waals surface area contributed by atoms with E-state index in [4.69, 9.17) is 23.7 Å². The predicted octanol–water partition coefficient (Wildman–Crippen LogP) is 3.14. The van der Waals surface area contributed by atoms with Crippen molar-refractivity contribution >= 4 is 5.97 Å². The monoisotopic (exact) mass is 400 g/mol. The maximum absolute atomic E-state index is 11.6. The third-order valence-electron chi connectivity index (χ3n) is 4.83. The molecule has 0 saturated carbocycles. The molecule has 1 fully saturated rings. The summed E-state index contributed by atoms with van der Waals surface area (Å²) in [5, 5.41) is 0. The molecule has 0 amide bonds.